The van der Waals surface area contributed by atoms with Crippen molar-refractivity contribution in [1.82, 2.24) is 10.1 Å². The molecule has 2 aromatic rings. The number of methoxy groups -OCH3 is 1. The third-order valence-corrected chi connectivity index (χ3v) is 3.66. The van der Waals surface area contributed by atoms with Crippen molar-refractivity contribution in [2.24, 2.45) is 0 Å². The maximum atomic E-state index is 5.46. The predicted octanol–water partition coefficient (Wildman–Crippen LogP) is 4.10. The molecule has 0 N–H and O–H groups in total. The Morgan fingerprint density at radius 1 is 1.23 bits per heavy atom. The first-order valence-corrected chi connectivity index (χ1v) is 7.96. The summed E-state index contributed by atoms with van der Waals surface area (Å²) < 4.78 is 10.8. The van der Waals surface area contributed by atoms with Gasteiger partial charge in [0.05, 0.1) is 7.11 Å². The monoisotopic (exact) mass is 303 g/mol. The Morgan fingerprint density at radius 2 is 1.95 bits per heavy atom. The van der Waals surface area contributed by atoms with Crippen LogP contribution in [-0.2, 0) is 0 Å². The summed E-state index contributed by atoms with van der Waals surface area (Å²) in [6, 6.07) is 6.03. The molecule has 0 amide bonds. The Morgan fingerprint density at radius 3 is 2.50 bits per heavy atom. The predicted molar refractivity (Wildman–Crippen MR) is 88.6 cm³/mol. The number of anilines is 1. The number of rotatable bonds is 4. The lowest BCUT2D eigenvalue weighted by Crippen LogP contribution is -2.37. The molecule has 120 valence electrons. The van der Waals surface area contributed by atoms with Gasteiger partial charge in [-0.05, 0) is 35.2 Å². The largest absolute Gasteiger partial charge is 0.496 e. The Labute approximate surface area is 132 Å². The average Bonchev–Trinajstić information content (AvgIpc) is 2.96. The fourth-order valence-corrected chi connectivity index (χ4v) is 2.30. The van der Waals surface area contributed by atoms with Gasteiger partial charge in [0.2, 0.25) is 0 Å². The zero-order valence-corrected chi connectivity index (χ0v) is 14.1. The highest BCUT2D eigenvalue weighted by Crippen LogP contribution is 2.31. The molecule has 0 bridgehead atoms. The van der Waals surface area contributed by atoms with Gasteiger partial charge in [-0.15, -0.1) is 0 Å². The molecule has 0 saturated carbocycles. The molecule has 5 nitrogen and oxygen atoms in total. The molecular weight excluding hydrogens is 278 g/mol. The van der Waals surface area contributed by atoms with Gasteiger partial charge in [-0.1, -0.05) is 33.8 Å². The van der Waals surface area contributed by atoms with E-state index in [4.69, 9.17) is 9.26 Å². The highest BCUT2D eigenvalue weighted by molar-refractivity contribution is 5.59. The standard InChI is InChI=1S/C15H19N3O2.C2H6/c1-10(2)12-6-5-11(9-13(12)19-3)14-16-15(17-20-14)18-7-4-8-18;1-2/h5-6,9-10H,4,7-8H2,1-3H3;1-2H3. The van der Waals surface area contributed by atoms with E-state index in [1.807, 2.05) is 26.0 Å². The molecule has 5 heteroatoms. The zero-order valence-electron chi connectivity index (χ0n) is 14.1. The number of hydrogen-bond donors (Lipinski definition) is 0. The molecule has 1 aliphatic rings. The summed E-state index contributed by atoms with van der Waals surface area (Å²) in [6.45, 7) is 10.3. The third-order valence-electron chi connectivity index (χ3n) is 3.66. The second-order valence-corrected chi connectivity index (χ2v) is 5.35. The zero-order chi connectivity index (χ0) is 16.1. The molecule has 0 radical (unpaired) electrons. The second-order valence-electron chi connectivity index (χ2n) is 5.35. The lowest BCUT2D eigenvalue weighted by atomic mass is 10.0. The van der Waals surface area contributed by atoms with Crippen LogP contribution in [0.2, 0.25) is 0 Å². The van der Waals surface area contributed by atoms with Crippen molar-refractivity contribution in [3.05, 3.63) is 23.8 Å². The van der Waals surface area contributed by atoms with Crippen molar-refractivity contribution in [2.75, 3.05) is 25.1 Å². The SMILES string of the molecule is CC.COc1cc(-c2nc(N3CCC3)no2)ccc1C(C)C. The molecule has 2 heterocycles. The summed E-state index contributed by atoms with van der Waals surface area (Å²) >= 11 is 0. The number of nitrogens with zero attached hydrogens (tertiary/aromatic N) is 3. The van der Waals surface area contributed by atoms with Gasteiger partial charge < -0.3 is 14.2 Å². The second kappa shape index (κ2) is 7.29. The van der Waals surface area contributed by atoms with Gasteiger partial charge in [0, 0.05) is 18.7 Å². The van der Waals surface area contributed by atoms with Crippen molar-refractivity contribution < 1.29 is 9.26 Å². The fraction of sp³-hybridized carbons (Fsp3) is 0.529. The Kier molecular flexibility index (Phi) is 5.41. The minimum Gasteiger partial charge on any atom is -0.496 e. The minimum atomic E-state index is 0.415. The molecule has 1 saturated heterocycles. The minimum absolute atomic E-state index is 0.415. The van der Waals surface area contributed by atoms with E-state index in [2.05, 4.69) is 35.0 Å². The fourth-order valence-electron chi connectivity index (χ4n) is 2.30. The molecule has 0 spiro atoms. The molecule has 3 rings (SSSR count). The van der Waals surface area contributed by atoms with Gasteiger partial charge in [-0.2, -0.15) is 4.98 Å². The van der Waals surface area contributed by atoms with Crippen LogP contribution < -0.4 is 9.64 Å². The maximum absolute atomic E-state index is 5.46. The number of benzene rings is 1. The molecule has 1 aromatic carbocycles. The Balaban J connectivity index is 0.000000847. The van der Waals surface area contributed by atoms with Crippen LogP contribution in [0.5, 0.6) is 5.75 Å². The summed E-state index contributed by atoms with van der Waals surface area (Å²) in [6.07, 6.45) is 1.20. The van der Waals surface area contributed by atoms with Crippen LogP contribution in [0.3, 0.4) is 0 Å². The van der Waals surface area contributed by atoms with E-state index in [0.717, 1.165) is 24.4 Å². The quantitative estimate of drug-likeness (QED) is 0.851. The van der Waals surface area contributed by atoms with Crippen molar-refractivity contribution in [3.63, 3.8) is 0 Å². The molecule has 0 aliphatic carbocycles. The van der Waals surface area contributed by atoms with E-state index in [-0.39, 0.29) is 0 Å². The van der Waals surface area contributed by atoms with Gasteiger partial charge in [-0.3, -0.25) is 0 Å². The van der Waals surface area contributed by atoms with E-state index in [9.17, 15) is 0 Å². The number of hydrogen-bond acceptors (Lipinski definition) is 5. The number of ether oxygens (including phenoxy) is 1. The first kappa shape index (κ1) is 16.3. The Bertz CT molecular complexity index is 604. The van der Waals surface area contributed by atoms with Crippen LogP contribution in [0, 0.1) is 0 Å². The lowest BCUT2D eigenvalue weighted by molar-refractivity contribution is 0.406. The summed E-state index contributed by atoms with van der Waals surface area (Å²) in [5, 5.41) is 4.03. The van der Waals surface area contributed by atoms with Crippen LogP contribution in [0.15, 0.2) is 22.7 Å². The molecule has 22 heavy (non-hydrogen) atoms. The summed E-state index contributed by atoms with van der Waals surface area (Å²) in [4.78, 5) is 6.55. The molecule has 1 fully saturated rings. The van der Waals surface area contributed by atoms with Crippen LogP contribution in [0.1, 0.15) is 45.6 Å². The van der Waals surface area contributed by atoms with Gasteiger partial charge in [0.15, 0.2) is 0 Å². The topological polar surface area (TPSA) is 51.4 Å². The summed E-state index contributed by atoms with van der Waals surface area (Å²) in [7, 11) is 1.68. The van der Waals surface area contributed by atoms with E-state index in [0.29, 0.717) is 17.8 Å². The molecule has 0 atom stereocenters. The van der Waals surface area contributed by atoms with Crippen molar-refractivity contribution in [3.8, 4) is 17.2 Å². The first-order valence-electron chi connectivity index (χ1n) is 7.96. The highest BCUT2D eigenvalue weighted by atomic mass is 16.5. The van der Waals surface area contributed by atoms with Crippen molar-refractivity contribution in [1.29, 1.82) is 0 Å². The summed E-state index contributed by atoms with van der Waals surface area (Å²) in [5.74, 6) is 2.50. The van der Waals surface area contributed by atoms with E-state index in [1.54, 1.807) is 7.11 Å². The van der Waals surface area contributed by atoms with Crippen LogP contribution in [0.4, 0.5) is 5.95 Å². The van der Waals surface area contributed by atoms with Gasteiger partial charge in [-0.25, -0.2) is 0 Å². The lowest BCUT2D eigenvalue weighted by Gasteiger charge is -2.28. The first-order chi connectivity index (χ1) is 10.7. The third kappa shape index (κ3) is 3.24. The van der Waals surface area contributed by atoms with Crippen LogP contribution in [0.25, 0.3) is 11.5 Å². The van der Waals surface area contributed by atoms with Gasteiger partial charge >= 0.3 is 0 Å². The van der Waals surface area contributed by atoms with Gasteiger partial charge in [0.25, 0.3) is 11.8 Å². The van der Waals surface area contributed by atoms with Crippen molar-refractivity contribution in [2.45, 2.75) is 40.0 Å². The molecular formula is C17H25N3O2. The van der Waals surface area contributed by atoms with Crippen molar-refractivity contribution >= 4 is 5.95 Å². The van der Waals surface area contributed by atoms with Gasteiger partial charge in [0.1, 0.15) is 5.75 Å². The maximum Gasteiger partial charge on any atom is 0.266 e. The number of aromatic nitrogens is 2. The molecule has 0 unspecified atom stereocenters. The normalized spacial score (nSPS) is 13.5. The van der Waals surface area contributed by atoms with E-state index < -0.39 is 0 Å². The van der Waals surface area contributed by atoms with E-state index >= 15 is 0 Å². The molecule has 1 aliphatic heterocycles. The Hall–Kier alpha value is -2.04. The summed E-state index contributed by atoms with van der Waals surface area (Å²) in [5.41, 5.74) is 2.07. The molecule has 1 aromatic heterocycles. The van der Waals surface area contributed by atoms with E-state index in [1.165, 1.54) is 12.0 Å². The van der Waals surface area contributed by atoms with Crippen LogP contribution in [-0.4, -0.2) is 30.3 Å². The smallest absolute Gasteiger partial charge is 0.266 e. The average molecular weight is 303 g/mol. The van der Waals surface area contributed by atoms with Crippen LogP contribution >= 0.6 is 0 Å². The highest BCUT2D eigenvalue weighted by Gasteiger charge is 2.21.